The van der Waals surface area contributed by atoms with Gasteiger partial charge < -0.3 is 9.88 Å². The number of imidazole rings is 1. The molecule has 1 heterocycles. The molecule has 0 saturated heterocycles. The average Bonchev–Trinajstić information content (AvgIpc) is 2.52. The standard InChI is InChI=1S/C12H23N3/c1-9(2)6-15-7-11(14-8-15)12(13-5)10(3)4/h7-10,12-13H,6H2,1-5H3. The highest BCUT2D eigenvalue weighted by Gasteiger charge is 2.15. The van der Waals surface area contributed by atoms with Crippen LogP contribution >= 0.6 is 0 Å². The van der Waals surface area contributed by atoms with E-state index in [9.17, 15) is 0 Å². The Morgan fingerprint density at radius 1 is 1.33 bits per heavy atom. The van der Waals surface area contributed by atoms with Crippen LogP contribution in [-0.2, 0) is 6.54 Å². The first kappa shape index (κ1) is 12.2. The van der Waals surface area contributed by atoms with Gasteiger partial charge in [0.05, 0.1) is 18.1 Å². The molecule has 0 aliphatic carbocycles. The van der Waals surface area contributed by atoms with Crippen LogP contribution < -0.4 is 5.32 Å². The van der Waals surface area contributed by atoms with E-state index in [1.807, 2.05) is 13.4 Å². The first-order valence-electron chi connectivity index (χ1n) is 5.73. The van der Waals surface area contributed by atoms with Gasteiger partial charge >= 0.3 is 0 Å². The lowest BCUT2D eigenvalue weighted by Crippen LogP contribution is -2.22. The predicted molar refractivity (Wildman–Crippen MR) is 63.7 cm³/mol. The van der Waals surface area contributed by atoms with Crippen LogP contribution in [-0.4, -0.2) is 16.6 Å². The molecular weight excluding hydrogens is 186 g/mol. The van der Waals surface area contributed by atoms with Gasteiger partial charge in [-0.1, -0.05) is 27.7 Å². The molecule has 15 heavy (non-hydrogen) atoms. The van der Waals surface area contributed by atoms with Crippen molar-refractivity contribution in [3.8, 4) is 0 Å². The summed E-state index contributed by atoms with van der Waals surface area (Å²) >= 11 is 0. The van der Waals surface area contributed by atoms with Crippen molar-refractivity contribution in [2.45, 2.75) is 40.3 Å². The zero-order chi connectivity index (χ0) is 11.4. The van der Waals surface area contributed by atoms with Gasteiger partial charge in [-0.25, -0.2) is 4.98 Å². The Balaban J connectivity index is 2.73. The molecule has 1 unspecified atom stereocenters. The Kier molecular flexibility index (Phi) is 4.33. The van der Waals surface area contributed by atoms with Gasteiger partial charge in [-0.2, -0.15) is 0 Å². The third kappa shape index (κ3) is 3.34. The fourth-order valence-electron chi connectivity index (χ4n) is 1.88. The van der Waals surface area contributed by atoms with Crippen molar-refractivity contribution in [2.75, 3.05) is 7.05 Å². The van der Waals surface area contributed by atoms with Gasteiger partial charge in [-0.3, -0.25) is 0 Å². The molecule has 86 valence electrons. The molecule has 1 aromatic rings. The number of nitrogens with one attached hydrogen (secondary N) is 1. The van der Waals surface area contributed by atoms with E-state index < -0.39 is 0 Å². The van der Waals surface area contributed by atoms with E-state index in [4.69, 9.17) is 0 Å². The van der Waals surface area contributed by atoms with Crippen molar-refractivity contribution in [2.24, 2.45) is 11.8 Å². The summed E-state index contributed by atoms with van der Waals surface area (Å²) in [4.78, 5) is 4.46. The number of rotatable bonds is 5. The third-order valence-corrected chi connectivity index (χ3v) is 2.53. The molecule has 1 N–H and O–H groups in total. The van der Waals surface area contributed by atoms with Gasteiger partial charge in [0, 0.05) is 12.7 Å². The minimum absolute atomic E-state index is 0.360. The third-order valence-electron chi connectivity index (χ3n) is 2.53. The maximum atomic E-state index is 4.46. The largest absolute Gasteiger partial charge is 0.337 e. The quantitative estimate of drug-likeness (QED) is 0.807. The van der Waals surface area contributed by atoms with E-state index in [2.05, 4.69) is 48.8 Å². The maximum absolute atomic E-state index is 4.46. The molecule has 0 spiro atoms. The number of nitrogens with zero attached hydrogens (tertiary/aromatic N) is 2. The van der Waals surface area contributed by atoms with E-state index >= 15 is 0 Å². The predicted octanol–water partition coefficient (Wildman–Crippen LogP) is 2.46. The summed E-state index contributed by atoms with van der Waals surface area (Å²) < 4.78 is 2.17. The van der Waals surface area contributed by atoms with Crippen molar-refractivity contribution in [1.29, 1.82) is 0 Å². The second kappa shape index (κ2) is 5.31. The van der Waals surface area contributed by atoms with Crippen LogP contribution in [0.1, 0.15) is 39.4 Å². The lowest BCUT2D eigenvalue weighted by Gasteiger charge is -2.17. The lowest BCUT2D eigenvalue weighted by molar-refractivity contribution is 0.434. The van der Waals surface area contributed by atoms with E-state index in [0.29, 0.717) is 17.9 Å². The SMILES string of the molecule is CNC(c1cn(CC(C)C)cn1)C(C)C. The minimum Gasteiger partial charge on any atom is -0.337 e. The van der Waals surface area contributed by atoms with Crippen LogP contribution in [0.5, 0.6) is 0 Å². The van der Waals surface area contributed by atoms with Crippen molar-refractivity contribution in [3.05, 3.63) is 18.2 Å². The van der Waals surface area contributed by atoms with Gasteiger partial charge in [-0.15, -0.1) is 0 Å². The second-order valence-electron chi connectivity index (χ2n) is 4.90. The molecule has 0 fully saturated rings. The van der Waals surface area contributed by atoms with Crippen LogP contribution in [0.4, 0.5) is 0 Å². The smallest absolute Gasteiger partial charge is 0.0950 e. The Morgan fingerprint density at radius 3 is 2.47 bits per heavy atom. The molecule has 0 aliphatic rings. The minimum atomic E-state index is 0.360. The van der Waals surface area contributed by atoms with Crippen LogP contribution in [0.25, 0.3) is 0 Å². The summed E-state index contributed by atoms with van der Waals surface area (Å²) in [6.07, 6.45) is 4.09. The normalized spacial score (nSPS) is 13.8. The zero-order valence-electron chi connectivity index (χ0n) is 10.5. The summed E-state index contributed by atoms with van der Waals surface area (Å²) in [5, 5.41) is 3.31. The fraction of sp³-hybridized carbons (Fsp3) is 0.750. The molecular formula is C12H23N3. The molecule has 3 nitrogen and oxygen atoms in total. The van der Waals surface area contributed by atoms with E-state index in [0.717, 1.165) is 12.2 Å². The molecule has 0 bridgehead atoms. The van der Waals surface area contributed by atoms with Gasteiger partial charge in [0.1, 0.15) is 0 Å². The highest BCUT2D eigenvalue weighted by molar-refractivity contribution is 5.04. The first-order valence-corrected chi connectivity index (χ1v) is 5.73. The summed E-state index contributed by atoms with van der Waals surface area (Å²) in [7, 11) is 1.99. The topological polar surface area (TPSA) is 29.9 Å². The Bertz CT molecular complexity index is 289. The number of hydrogen-bond acceptors (Lipinski definition) is 2. The van der Waals surface area contributed by atoms with E-state index in [1.54, 1.807) is 0 Å². The van der Waals surface area contributed by atoms with Gasteiger partial charge in [0.2, 0.25) is 0 Å². The Labute approximate surface area is 92.9 Å². The molecule has 0 amide bonds. The van der Waals surface area contributed by atoms with Crippen LogP contribution in [0.3, 0.4) is 0 Å². The highest BCUT2D eigenvalue weighted by Crippen LogP contribution is 2.19. The molecule has 0 aliphatic heterocycles. The van der Waals surface area contributed by atoms with Gasteiger partial charge in [0.15, 0.2) is 0 Å². The lowest BCUT2D eigenvalue weighted by atomic mass is 10.0. The van der Waals surface area contributed by atoms with Crippen molar-refractivity contribution >= 4 is 0 Å². The number of aromatic nitrogens is 2. The van der Waals surface area contributed by atoms with E-state index in [-0.39, 0.29) is 0 Å². The van der Waals surface area contributed by atoms with Crippen LogP contribution in [0, 0.1) is 11.8 Å². The molecule has 1 aromatic heterocycles. The summed E-state index contributed by atoms with van der Waals surface area (Å²) in [5.74, 6) is 1.23. The highest BCUT2D eigenvalue weighted by atomic mass is 15.1. The molecule has 0 saturated carbocycles. The van der Waals surface area contributed by atoms with Crippen LogP contribution in [0.2, 0.25) is 0 Å². The monoisotopic (exact) mass is 209 g/mol. The number of hydrogen-bond donors (Lipinski definition) is 1. The van der Waals surface area contributed by atoms with Gasteiger partial charge in [0.25, 0.3) is 0 Å². The van der Waals surface area contributed by atoms with Crippen LogP contribution in [0.15, 0.2) is 12.5 Å². The molecule has 1 atom stereocenters. The molecule has 1 rings (SSSR count). The van der Waals surface area contributed by atoms with Crippen molar-refractivity contribution in [1.82, 2.24) is 14.9 Å². The van der Waals surface area contributed by atoms with Crippen molar-refractivity contribution < 1.29 is 0 Å². The van der Waals surface area contributed by atoms with Crippen molar-refractivity contribution in [3.63, 3.8) is 0 Å². The Morgan fingerprint density at radius 2 is 2.00 bits per heavy atom. The van der Waals surface area contributed by atoms with E-state index in [1.165, 1.54) is 0 Å². The summed E-state index contributed by atoms with van der Waals surface area (Å²) in [6, 6.07) is 0.360. The summed E-state index contributed by atoms with van der Waals surface area (Å²) in [6.45, 7) is 9.90. The summed E-state index contributed by atoms with van der Waals surface area (Å²) in [5.41, 5.74) is 1.15. The first-order chi connectivity index (χ1) is 7.04. The second-order valence-corrected chi connectivity index (χ2v) is 4.90. The molecule has 3 heteroatoms. The molecule has 0 aromatic carbocycles. The van der Waals surface area contributed by atoms with Gasteiger partial charge in [-0.05, 0) is 18.9 Å². The average molecular weight is 209 g/mol. The Hall–Kier alpha value is -0.830. The fourth-order valence-corrected chi connectivity index (χ4v) is 1.88. The zero-order valence-corrected chi connectivity index (χ0v) is 10.5. The molecule has 0 radical (unpaired) electrons. The maximum Gasteiger partial charge on any atom is 0.0950 e.